The van der Waals surface area contributed by atoms with Gasteiger partial charge >= 0.3 is 0 Å². The second-order valence-corrected chi connectivity index (χ2v) is 11.1. The van der Waals surface area contributed by atoms with Crippen molar-refractivity contribution < 1.29 is 18.1 Å². The van der Waals surface area contributed by atoms with Crippen molar-refractivity contribution in [1.82, 2.24) is 14.6 Å². The number of nitrogens with zero attached hydrogens (tertiary/aromatic N) is 3. The summed E-state index contributed by atoms with van der Waals surface area (Å²) in [5.41, 5.74) is 1.40. The molecule has 0 radical (unpaired) electrons. The third-order valence-electron chi connectivity index (χ3n) is 7.50. The van der Waals surface area contributed by atoms with E-state index in [0.29, 0.717) is 17.6 Å². The summed E-state index contributed by atoms with van der Waals surface area (Å²) >= 11 is 0. The molecule has 9 nitrogen and oxygen atoms in total. The van der Waals surface area contributed by atoms with Gasteiger partial charge in [-0.3, -0.25) is 20.0 Å². The molecule has 2 aromatic carbocycles. The number of rotatable bonds is 8. The molecule has 188 valence electrons. The van der Waals surface area contributed by atoms with E-state index in [9.17, 15) is 18.5 Å². The number of methoxy groups -OCH3 is 1. The molecule has 4 heterocycles. The van der Waals surface area contributed by atoms with Crippen LogP contribution >= 0.6 is 0 Å². The lowest BCUT2D eigenvalue weighted by atomic mass is 9.73. The number of hydrogen-bond acceptors (Lipinski definition) is 7. The van der Waals surface area contributed by atoms with Crippen molar-refractivity contribution in [1.29, 1.82) is 0 Å². The molecule has 3 saturated heterocycles. The minimum absolute atomic E-state index is 0.0195. The van der Waals surface area contributed by atoms with Gasteiger partial charge in [-0.1, -0.05) is 6.08 Å². The van der Waals surface area contributed by atoms with Crippen LogP contribution in [0, 0.1) is 22.0 Å². The van der Waals surface area contributed by atoms with Crippen LogP contribution in [0.1, 0.15) is 24.4 Å². The van der Waals surface area contributed by atoms with Crippen molar-refractivity contribution in [2.24, 2.45) is 11.8 Å². The van der Waals surface area contributed by atoms with Crippen molar-refractivity contribution in [2.45, 2.75) is 29.8 Å². The van der Waals surface area contributed by atoms with Crippen molar-refractivity contribution >= 4 is 26.6 Å². The lowest BCUT2D eigenvalue weighted by Gasteiger charge is -2.51. The number of nitrogens with one attached hydrogen (secondary N) is 1. The molecule has 5 atom stereocenters. The van der Waals surface area contributed by atoms with Gasteiger partial charge in [-0.2, -0.15) is 0 Å². The monoisotopic (exact) mass is 508 g/mol. The zero-order chi connectivity index (χ0) is 25.4. The van der Waals surface area contributed by atoms with Gasteiger partial charge in [0.1, 0.15) is 5.75 Å². The number of piperidine rings is 3. The standard InChI is InChI=1S/C26H28N4O5S/c1-3-17-16-29-13-11-18(17)14-25(29)26(22-10-12-27-24-9-6-20(35-2)15-23(22)24)28-36(33,34)21-7-4-19(5-8-21)30(31)32/h3-10,12,15,17-18,25-26,28H,1,11,13-14,16H2,2H3/t17-,18-,25-,26+/m0/s1. The van der Waals surface area contributed by atoms with E-state index in [1.54, 1.807) is 13.3 Å². The molecule has 1 aromatic heterocycles. The summed E-state index contributed by atoms with van der Waals surface area (Å²) in [4.78, 5) is 17.3. The minimum Gasteiger partial charge on any atom is -0.497 e. The average Bonchev–Trinajstić information content (AvgIpc) is 2.91. The largest absolute Gasteiger partial charge is 0.497 e. The molecule has 1 unspecified atom stereocenters. The SMILES string of the molecule is C=C[C@H]1CN2CC[C@H]1C[C@H]2[C@H](NS(=O)(=O)c1ccc([N+](=O)[O-])cc1)c1ccnc2ccc(OC)cc12. The molecule has 1 N–H and O–H groups in total. The van der Waals surface area contributed by atoms with Gasteiger partial charge in [-0.15, -0.1) is 6.58 Å². The zero-order valence-corrected chi connectivity index (χ0v) is 20.7. The van der Waals surface area contributed by atoms with Crippen LogP contribution in [-0.4, -0.2) is 49.5 Å². The molecule has 3 aromatic rings. The first-order valence-corrected chi connectivity index (χ1v) is 13.3. The van der Waals surface area contributed by atoms with Crippen LogP contribution in [0.15, 0.2) is 72.3 Å². The van der Waals surface area contributed by atoms with Gasteiger partial charge in [0.2, 0.25) is 10.0 Å². The van der Waals surface area contributed by atoms with Crippen LogP contribution in [0.2, 0.25) is 0 Å². The topological polar surface area (TPSA) is 115 Å². The van der Waals surface area contributed by atoms with Gasteiger partial charge in [0.15, 0.2) is 0 Å². The van der Waals surface area contributed by atoms with Crippen LogP contribution in [0.25, 0.3) is 10.9 Å². The van der Waals surface area contributed by atoms with Crippen LogP contribution in [0.5, 0.6) is 5.75 Å². The minimum atomic E-state index is -3.99. The first kappa shape index (κ1) is 24.4. The number of nitro benzene ring substituents is 1. The summed E-state index contributed by atoms with van der Waals surface area (Å²) in [5.74, 6) is 1.48. The van der Waals surface area contributed by atoms with Crippen LogP contribution < -0.4 is 9.46 Å². The fourth-order valence-electron chi connectivity index (χ4n) is 5.60. The van der Waals surface area contributed by atoms with Gasteiger partial charge in [0.25, 0.3) is 5.69 Å². The fraction of sp³-hybridized carbons (Fsp3) is 0.346. The van der Waals surface area contributed by atoms with E-state index in [1.807, 2.05) is 30.3 Å². The van der Waals surface area contributed by atoms with Crippen LogP contribution in [0.4, 0.5) is 5.69 Å². The average molecular weight is 509 g/mol. The number of aromatic nitrogens is 1. The quantitative estimate of drug-likeness (QED) is 0.277. The Labute approximate surface area is 210 Å². The second-order valence-electron chi connectivity index (χ2n) is 9.38. The highest BCUT2D eigenvalue weighted by molar-refractivity contribution is 7.89. The third kappa shape index (κ3) is 4.47. The number of nitro groups is 1. The van der Waals surface area contributed by atoms with Crippen molar-refractivity contribution in [2.75, 3.05) is 20.2 Å². The number of hydrogen-bond donors (Lipinski definition) is 1. The summed E-state index contributed by atoms with van der Waals surface area (Å²) in [5, 5.41) is 11.9. The predicted molar refractivity (Wildman–Crippen MR) is 136 cm³/mol. The lowest BCUT2D eigenvalue weighted by Crippen LogP contribution is -2.57. The highest BCUT2D eigenvalue weighted by Crippen LogP contribution is 2.43. The van der Waals surface area contributed by atoms with E-state index in [-0.39, 0.29) is 16.6 Å². The maximum absolute atomic E-state index is 13.6. The molecular weight excluding hydrogens is 480 g/mol. The number of ether oxygens (including phenoxy) is 1. The van der Waals surface area contributed by atoms with Crippen molar-refractivity contribution in [3.8, 4) is 5.75 Å². The Morgan fingerprint density at radius 1 is 1.25 bits per heavy atom. The van der Waals surface area contributed by atoms with Gasteiger partial charge < -0.3 is 4.74 Å². The van der Waals surface area contributed by atoms with E-state index >= 15 is 0 Å². The van der Waals surface area contributed by atoms with Crippen molar-refractivity contribution in [3.63, 3.8) is 0 Å². The number of sulfonamides is 1. The summed E-state index contributed by atoms with van der Waals surface area (Å²) in [6.07, 6.45) is 5.59. The maximum atomic E-state index is 13.6. The maximum Gasteiger partial charge on any atom is 0.269 e. The van der Waals surface area contributed by atoms with Crippen molar-refractivity contribution in [3.05, 3.63) is 83.1 Å². The number of non-ortho nitro benzene ring substituents is 1. The Morgan fingerprint density at radius 3 is 2.67 bits per heavy atom. The molecular formula is C26H28N4O5S. The van der Waals surface area contributed by atoms with E-state index in [0.717, 1.165) is 42.4 Å². The van der Waals surface area contributed by atoms with E-state index in [4.69, 9.17) is 4.74 Å². The molecule has 0 saturated carbocycles. The summed E-state index contributed by atoms with van der Waals surface area (Å²) < 4.78 is 35.5. The molecule has 6 rings (SSSR count). The second kappa shape index (κ2) is 9.61. The molecule has 36 heavy (non-hydrogen) atoms. The van der Waals surface area contributed by atoms with Crippen LogP contribution in [0.3, 0.4) is 0 Å². The first-order valence-electron chi connectivity index (χ1n) is 11.9. The summed E-state index contributed by atoms with van der Waals surface area (Å²) in [7, 11) is -2.40. The summed E-state index contributed by atoms with van der Waals surface area (Å²) in [6.45, 7) is 5.73. The molecule has 0 spiro atoms. The number of pyridine rings is 1. The Hall–Kier alpha value is -3.34. The highest BCUT2D eigenvalue weighted by Gasteiger charge is 2.44. The summed E-state index contributed by atoms with van der Waals surface area (Å²) in [6, 6.07) is 11.8. The van der Waals surface area contributed by atoms with Crippen LogP contribution in [-0.2, 0) is 10.0 Å². The molecule has 3 aliphatic rings. The molecule has 0 aliphatic carbocycles. The van der Waals surface area contributed by atoms with Gasteiger partial charge in [0.05, 0.1) is 28.5 Å². The van der Waals surface area contributed by atoms with Gasteiger partial charge in [-0.05, 0) is 73.2 Å². The molecule has 3 aliphatic heterocycles. The van der Waals surface area contributed by atoms with E-state index in [2.05, 4.69) is 21.2 Å². The Morgan fingerprint density at radius 2 is 2.03 bits per heavy atom. The third-order valence-corrected chi connectivity index (χ3v) is 8.95. The molecule has 0 amide bonds. The predicted octanol–water partition coefficient (Wildman–Crippen LogP) is 4.07. The number of benzene rings is 2. The first-order chi connectivity index (χ1) is 17.3. The number of fused-ring (bicyclic) bond motifs is 4. The molecule has 10 heteroatoms. The zero-order valence-electron chi connectivity index (χ0n) is 19.9. The molecule has 2 bridgehead atoms. The Balaban J connectivity index is 1.59. The smallest absolute Gasteiger partial charge is 0.269 e. The van der Waals surface area contributed by atoms with E-state index < -0.39 is 21.0 Å². The van der Waals surface area contributed by atoms with E-state index in [1.165, 1.54) is 24.3 Å². The fourth-order valence-corrected chi connectivity index (χ4v) is 6.85. The van der Waals surface area contributed by atoms with Gasteiger partial charge in [0, 0.05) is 36.3 Å². The Bertz CT molecular complexity index is 1410. The Kier molecular flexibility index (Phi) is 6.50. The molecule has 3 fully saturated rings. The highest BCUT2D eigenvalue weighted by atomic mass is 32.2. The lowest BCUT2D eigenvalue weighted by molar-refractivity contribution is -0.384. The van der Waals surface area contributed by atoms with Gasteiger partial charge in [-0.25, -0.2) is 13.1 Å². The normalized spacial score (nSPS) is 24.4.